The van der Waals surface area contributed by atoms with Crippen LogP contribution in [0.3, 0.4) is 0 Å². The number of ether oxygens (including phenoxy) is 2. The van der Waals surface area contributed by atoms with Crippen LogP contribution in [0.1, 0.15) is 20.3 Å². The first-order chi connectivity index (χ1) is 14.4. The van der Waals surface area contributed by atoms with Crippen LogP contribution < -0.4 is 9.47 Å². The molecule has 0 spiro atoms. The van der Waals surface area contributed by atoms with E-state index in [2.05, 4.69) is 6.58 Å². The standard InChI is InChI=1S/C25H21FO4/c1-4-24(27)29-21-13-14-22(23(26)15-21)19-7-5-17(6-8-19)18-9-11-20(12-10-18)30-25(28)16(2)3/h5-15H,2,4H2,1,3H3. The highest BCUT2D eigenvalue weighted by Gasteiger charge is 2.10. The Labute approximate surface area is 174 Å². The molecule has 0 aliphatic rings. The topological polar surface area (TPSA) is 52.6 Å². The molecule has 0 unspecified atom stereocenters. The monoisotopic (exact) mass is 404 g/mol. The van der Waals surface area contributed by atoms with E-state index in [0.29, 0.717) is 22.4 Å². The molecule has 0 aliphatic carbocycles. The fourth-order valence-corrected chi connectivity index (χ4v) is 2.75. The number of hydrogen-bond donors (Lipinski definition) is 0. The Morgan fingerprint density at radius 2 is 1.37 bits per heavy atom. The molecule has 0 amide bonds. The Kier molecular flexibility index (Phi) is 6.42. The second-order valence-electron chi connectivity index (χ2n) is 6.74. The van der Waals surface area contributed by atoms with Crippen molar-refractivity contribution in [2.24, 2.45) is 0 Å². The molecule has 152 valence electrons. The lowest BCUT2D eigenvalue weighted by atomic mass is 10.00. The molecule has 0 atom stereocenters. The molecule has 4 nitrogen and oxygen atoms in total. The third kappa shape index (κ3) is 5.00. The molecule has 0 N–H and O–H groups in total. The van der Waals surface area contributed by atoms with Gasteiger partial charge in [0.05, 0.1) is 0 Å². The van der Waals surface area contributed by atoms with Crippen molar-refractivity contribution in [3.05, 3.63) is 84.7 Å². The highest BCUT2D eigenvalue weighted by molar-refractivity contribution is 5.88. The summed E-state index contributed by atoms with van der Waals surface area (Å²) in [5.41, 5.74) is 3.32. The molecule has 5 heteroatoms. The van der Waals surface area contributed by atoms with Gasteiger partial charge in [0.2, 0.25) is 0 Å². The molecular formula is C25H21FO4. The van der Waals surface area contributed by atoms with Crippen LogP contribution in [0.15, 0.2) is 78.9 Å². The number of benzene rings is 3. The largest absolute Gasteiger partial charge is 0.426 e. The van der Waals surface area contributed by atoms with E-state index in [1.807, 2.05) is 36.4 Å². The van der Waals surface area contributed by atoms with Crippen molar-refractivity contribution in [3.63, 3.8) is 0 Å². The maximum absolute atomic E-state index is 14.5. The zero-order chi connectivity index (χ0) is 21.7. The van der Waals surface area contributed by atoms with E-state index in [1.54, 1.807) is 38.1 Å². The lowest BCUT2D eigenvalue weighted by Gasteiger charge is -2.09. The number of carbonyl (C=O) groups is 2. The van der Waals surface area contributed by atoms with Gasteiger partial charge < -0.3 is 9.47 Å². The van der Waals surface area contributed by atoms with Crippen LogP contribution in [0.5, 0.6) is 11.5 Å². The minimum Gasteiger partial charge on any atom is -0.426 e. The van der Waals surface area contributed by atoms with Gasteiger partial charge in [-0.3, -0.25) is 4.79 Å². The lowest BCUT2D eigenvalue weighted by Crippen LogP contribution is -2.07. The van der Waals surface area contributed by atoms with Gasteiger partial charge >= 0.3 is 11.9 Å². The highest BCUT2D eigenvalue weighted by Crippen LogP contribution is 2.29. The second kappa shape index (κ2) is 9.18. The van der Waals surface area contributed by atoms with E-state index in [0.717, 1.165) is 11.1 Å². The Balaban J connectivity index is 1.76. The van der Waals surface area contributed by atoms with Crippen molar-refractivity contribution < 1.29 is 23.5 Å². The van der Waals surface area contributed by atoms with Gasteiger partial charge in [-0.2, -0.15) is 0 Å². The molecule has 3 rings (SSSR count). The summed E-state index contributed by atoms with van der Waals surface area (Å²) in [5.74, 6) is -0.717. The van der Waals surface area contributed by atoms with Crippen LogP contribution in [0.4, 0.5) is 4.39 Å². The molecule has 0 heterocycles. The summed E-state index contributed by atoms with van der Waals surface area (Å²) in [6.07, 6.45) is 0.224. The molecule has 0 aliphatic heterocycles. The number of carbonyl (C=O) groups excluding carboxylic acids is 2. The van der Waals surface area contributed by atoms with Gasteiger partial charge in [-0.1, -0.05) is 49.9 Å². The molecular weight excluding hydrogens is 383 g/mol. The van der Waals surface area contributed by atoms with Crippen LogP contribution in [-0.2, 0) is 9.59 Å². The first-order valence-electron chi connectivity index (χ1n) is 9.46. The number of rotatable bonds is 6. The van der Waals surface area contributed by atoms with Crippen LogP contribution in [0.2, 0.25) is 0 Å². The molecule has 30 heavy (non-hydrogen) atoms. The van der Waals surface area contributed by atoms with E-state index in [-0.39, 0.29) is 12.2 Å². The molecule has 0 aromatic heterocycles. The van der Waals surface area contributed by atoms with Gasteiger partial charge in [-0.25, -0.2) is 9.18 Å². The highest BCUT2D eigenvalue weighted by atomic mass is 19.1. The van der Waals surface area contributed by atoms with Gasteiger partial charge in [0.25, 0.3) is 0 Å². The summed E-state index contributed by atoms with van der Waals surface area (Å²) in [4.78, 5) is 22.9. The summed E-state index contributed by atoms with van der Waals surface area (Å²) in [7, 11) is 0. The van der Waals surface area contributed by atoms with Gasteiger partial charge in [-0.15, -0.1) is 0 Å². The third-order valence-electron chi connectivity index (χ3n) is 4.40. The quantitative estimate of drug-likeness (QED) is 0.289. The Morgan fingerprint density at radius 3 is 1.90 bits per heavy atom. The van der Waals surface area contributed by atoms with Gasteiger partial charge in [0.1, 0.15) is 17.3 Å². The maximum atomic E-state index is 14.5. The fourth-order valence-electron chi connectivity index (χ4n) is 2.75. The average Bonchev–Trinajstić information content (AvgIpc) is 2.74. The Morgan fingerprint density at radius 1 is 0.833 bits per heavy atom. The first kappa shape index (κ1) is 21.0. The van der Waals surface area contributed by atoms with E-state index >= 15 is 0 Å². The second-order valence-corrected chi connectivity index (χ2v) is 6.74. The summed E-state index contributed by atoms with van der Waals surface area (Å²) in [5, 5.41) is 0. The molecule has 0 saturated heterocycles. The van der Waals surface area contributed by atoms with Crippen molar-refractivity contribution in [1.29, 1.82) is 0 Å². The summed E-state index contributed by atoms with van der Waals surface area (Å²) in [6.45, 7) is 6.82. The fraction of sp³-hybridized carbons (Fsp3) is 0.120. The molecule has 0 bridgehead atoms. The molecule has 0 radical (unpaired) electrons. The van der Waals surface area contributed by atoms with Gasteiger partial charge in [0.15, 0.2) is 0 Å². The van der Waals surface area contributed by atoms with Crippen molar-refractivity contribution in [2.75, 3.05) is 0 Å². The summed E-state index contributed by atoms with van der Waals surface area (Å²) >= 11 is 0. The van der Waals surface area contributed by atoms with Crippen molar-refractivity contribution in [2.45, 2.75) is 20.3 Å². The first-order valence-corrected chi connectivity index (χ1v) is 9.46. The lowest BCUT2D eigenvalue weighted by molar-refractivity contribution is -0.134. The van der Waals surface area contributed by atoms with Crippen molar-refractivity contribution in [1.82, 2.24) is 0 Å². The van der Waals surface area contributed by atoms with E-state index in [1.165, 1.54) is 6.07 Å². The Bertz CT molecular complexity index is 1080. The van der Waals surface area contributed by atoms with E-state index in [4.69, 9.17) is 9.47 Å². The van der Waals surface area contributed by atoms with Gasteiger partial charge in [-0.05, 0) is 47.9 Å². The third-order valence-corrected chi connectivity index (χ3v) is 4.40. The summed E-state index contributed by atoms with van der Waals surface area (Å²) in [6, 6.07) is 18.9. The van der Waals surface area contributed by atoms with Crippen molar-refractivity contribution in [3.8, 4) is 33.8 Å². The van der Waals surface area contributed by atoms with Crippen molar-refractivity contribution >= 4 is 11.9 Å². The van der Waals surface area contributed by atoms with Crippen LogP contribution >= 0.6 is 0 Å². The minimum atomic E-state index is -0.468. The Hall–Kier alpha value is -3.73. The zero-order valence-electron chi connectivity index (χ0n) is 16.8. The van der Waals surface area contributed by atoms with E-state index < -0.39 is 17.8 Å². The smallest absolute Gasteiger partial charge is 0.338 e. The van der Waals surface area contributed by atoms with Crippen LogP contribution in [0, 0.1) is 5.82 Å². The van der Waals surface area contributed by atoms with Crippen LogP contribution in [-0.4, -0.2) is 11.9 Å². The maximum Gasteiger partial charge on any atom is 0.338 e. The average molecular weight is 404 g/mol. The zero-order valence-corrected chi connectivity index (χ0v) is 16.8. The SMILES string of the molecule is C=C(C)C(=O)Oc1ccc(-c2ccc(-c3ccc(OC(=O)CC)cc3F)cc2)cc1. The number of hydrogen-bond acceptors (Lipinski definition) is 4. The summed E-state index contributed by atoms with van der Waals surface area (Å²) < 4.78 is 24.7. The van der Waals surface area contributed by atoms with E-state index in [9.17, 15) is 14.0 Å². The number of halogens is 1. The van der Waals surface area contributed by atoms with Crippen LogP contribution in [0.25, 0.3) is 22.3 Å². The minimum absolute atomic E-state index is 0.187. The molecule has 0 fully saturated rings. The predicted molar refractivity (Wildman–Crippen MR) is 114 cm³/mol. The molecule has 0 saturated carbocycles. The molecule has 3 aromatic carbocycles. The molecule has 3 aromatic rings. The number of esters is 2. The normalized spacial score (nSPS) is 10.4. The predicted octanol–water partition coefficient (Wildman–Crippen LogP) is 5.96. The van der Waals surface area contributed by atoms with Gasteiger partial charge in [0, 0.05) is 23.6 Å².